The van der Waals surface area contributed by atoms with Crippen molar-refractivity contribution >= 4 is 33.8 Å². The zero-order valence-corrected chi connectivity index (χ0v) is 14.6. The lowest BCUT2D eigenvalue weighted by Crippen LogP contribution is -2.27. The second-order valence-electron chi connectivity index (χ2n) is 5.69. The molecule has 0 bridgehead atoms. The molecule has 0 aliphatic carbocycles. The Labute approximate surface area is 151 Å². The molecular formula is C17H12N4O4S. The number of nitro benzene ring substituents is 1. The quantitative estimate of drug-likeness (QED) is 0.391. The van der Waals surface area contributed by atoms with Crippen molar-refractivity contribution in [2.75, 3.05) is 14.1 Å². The molecule has 8 nitrogen and oxygen atoms in total. The number of aromatic nitrogens is 1. The normalized spacial score (nSPS) is 11.5. The number of non-ortho nitro benzene ring substituents is 1. The third-order valence-corrected chi connectivity index (χ3v) is 4.74. The van der Waals surface area contributed by atoms with Crippen LogP contribution in [0.3, 0.4) is 0 Å². The van der Waals surface area contributed by atoms with E-state index in [4.69, 9.17) is 0 Å². The number of carbonyl (C=O) groups is 1. The van der Waals surface area contributed by atoms with E-state index in [1.165, 1.54) is 34.7 Å². The lowest BCUT2D eigenvalue weighted by atomic mass is 10.1. The summed E-state index contributed by atoms with van der Waals surface area (Å²) >= 11 is 1.13. The van der Waals surface area contributed by atoms with Gasteiger partial charge in [0.25, 0.3) is 11.2 Å². The predicted molar refractivity (Wildman–Crippen MR) is 96.2 cm³/mol. The average molecular weight is 368 g/mol. The number of nitrogens with zero attached hydrogens (tertiary/aromatic N) is 4. The molecule has 0 unspecified atom stereocenters. The molecule has 0 saturated carbocycles. The Kier molecular flexibility index (Phi) is 4.28. The van der Waals surface area contributed by atoms with E-state index in [0.717, 1.165) is 11.3 Å². The molecule has 9 heteroatoms. The summed E-state index contributed by atoms with van der Waals surface area (Å²) in [6.07, 6.45) is 1.63. The Hall–Kier alpha value is -3.51. The van der Waals surface area contributed by atoms with Crippen molar-refractivity contribution in [1.82, 2.24) is 9.30 Å². The summed E-state index contributed by atoms with van der Waals surface area (Å²) in [5.74, 6) is -0.484. The van der Waals surface area contributed by atoms with Crippen LogP contribution in [0.5, 0.6) is 0 Å². The van der Waals surface area contributed by atoms with Crippen molar-refractivity contribution in [3.8, 4) is 6.07 Å². The third kappa shape index (κ3) is 2.82. The zero-order valence-electron chi connectivity index (χ0n) is 13.8. The van der Waals surface area contributed by atoms with Gasteiger partial charge in [0.15, 0.2) is 0 Å². The number of thiazole rings is 1. The molecule has 3 aromatic rings. The molecule has 0 spiro atoms. The van der Waals surface area contributed by atoms with Gasteiger partial charge in [0.1, 0.15) is 15.4 Å². The maximum absolute atomic E-state index is 12.8. The monoisotopic (exact) mass is 368 g/mol. The number of ketones is 1. The second-order valence-corrected chi connectivity index (χ2v) is 6.72. The first-order valence-electron chi connectivity index (χ1n) is 7.39. The van der Waals surface area contributed by atoms with Crippen molar-refractivity contribution in [1.29, 1.82) is 5.26 Å². The molecule has 0 aliphatic heterocycles. The fraction of sp³-hybridized carbons (Fsp3) is 0.118. The maximum atomic E-state index is 12.8. The van der Waals surface area contributed by atoms with E-state index in [1.807, 2.05) is 6.07 Å². The summed E-state index contributed by atoms with van der Waals surface area (Å²) in [6.45, 7) is 0. The van der Waals surface area contributed by atoms with E-state index < -0.39 is 10.7 Å². The fourth-order valence-corrected chi connectivity index (χ4v) is 3.64. The number of carbonyl (C=O) groups excluding carboxylic acids is 1. The third-order valence-electron chi connectivity index (χ3n) is 3.64. The number of nitro groups is 1. The number of hydrogen-bond donors (Lipinski definition) is 0. The molecule has 0 amide bonds. The van der Waals surface area contributed by atoms with Crippen molar-refractivity contribution in [3.63, 3.8) is 0 Å². The van der Waals surface area contributed by atoms with Crippen LogP contribution in [0.25, 0.3) is 11.0 Å². The van der Waals surface area contributed by atoms with Gasteiger partial charge in [-0.2, -0.15) is 5.26 Å². The Bertz CT molecular complexity index is 1180. The van der Waals surface area contributed by atoms with Gasteiger partial charge in [-0.05, 0) is 18.2 Å². The van der Waals surface area contributed by atoms with Crippen LogP contribution in [-0.2, 0) is 0 Å². The molecule has 0 saturated heterocycles. The smallest absolute Gasteiger partial charge is 0.275 e. The highest BCUT2D eigenvalue weighted by Crippen LogP contribution is 2.21. The van der Waals surface area contributed by atoms with Gasteiger partial charge in [-0.25, -0.2) is 0 Å². The van der Waals surface area contributed by atoms with Crippen LogP contribution in [0.4, 0.5) is 5.69 Å². The van der Waals surface area contributed by atoms with E-state index in [1.54, 1.807) is 25.2 Å². The topological polar surface area (TPSA) is 109 Å². The Morgan fingerprint density at radius 2 is 2.00 bits per heavy atom. The largest absolute Gasteiger partial charge is 0.382 e. The first kappa shape index (κ1) is 17.3. The molecular weight excluding hydrogens is 356 g/mol. The predicted octanol–water partition coefficient (Wildman–Crippen LogP) is 1.39. The van der Waals surface area contributed by atoms with Crippen LogP contribution < -0.4 is 10.1 Å². The van der Waals surface area contributed by atoms with Gasteiger partial charge in [0, 0.05) is 38.0 Å². The SMILES string of the molecule is CN(C)/C=c1/sc2c(C#N)cc(C(=O)c3ccc([N+](=O)[O-])cc3)n2c1=O. The Morgan fingerprint density at radius 3 is 2.54 bits per heavy atom. The molecule has 26 heavy (non-hydrogen) atoms. The van der Waals surface area contributed by atoms with Gasteiger partial charge < -0.3 is 4.90 Å². The Morgan fingerprint density at radius 1 is 1.35 bits per heavy atom. The summed E-state index contributed by atoms with van der Waals surface area (Å²) in [6, 6.07) is 8.47. The summed E-state index contributed by atoms with van der Waals surface area (Å²) in [5, 5.41) is 20.1. The minimum absolute atomic E-state index is 0.0602. The molecule has 0 radical (unpaired) electrons. The summed E-state index contributed by atoms with van der Waals surface area (Å²) in [4.78, 5) is 37.7. The van der Waals surface area contributed by atoms with Gasteiger partial charge in [0.2, 0.25) is 5.78 Å². The molecule has 0 atom stereocenters. The first-order chi connectivity index (χ1) is 12.3. The van der Waals surface area contributed by atoms with Crippen LogP contribution in [0, 0.1) is 21.4 Å². The molecule has 0 N–H and O–H groups in total. The van der Waals surface area contributed by atoms with E-state index >= 15 is 0 Å². The van der Waals surface area contributed by atoms with Gasteiger partial charge in [-0.1, -0.05) is 0 Å². The maximum Gasteiger partial charge on any atom is 0.275 e. The number of fused-ring (bicyclic) bond motifs is 1. The van der Waals surface area contributed by atoms with Crippen LogP contribution in [0.2, 0.25) is 0 Å². The second kappa shape index (κ2) is 6.42. The minimum atomic E-state index is -0.560. The van der Waals surface area contributed by atoms with Crippen LogP contribution in [-0.4, -0.2) is 34.1 Å². The first-order valence-corrected chi connectivity index (χ1v) is 8.21. The van der Waals surface area contributed by atoms with Crippen LogP contribution in [0.1, 0.15) is 21.6 Å². The number of rotatable bonds is 4. The van der Waals surface area contributed by atoms with Crippen molar-refractivity contribution in [3.05, 3.63) is 72.2 Å². The van der Waals surface area contributed by atoms with Crippen molar-refractivity contribution in [2.24, 2.45) is 0 Å². The van der Waals surface area contributed by atoms with Gasteiger partial charge in [-0.3, -0.25) is 24.1 Å². The highest BCUT2D eigenvalue weighted by molar-refractivity contribution is 7.15. The van der Waals surface area contributed by atoms with E-state index in [-0.39, 0.29) is 28.1 Å². The minimum Gasteiger partial charge on any atom is -0.382 e. The molecule has 2 aromatic heterocycles. The van der Waals surface area contributed by atoms with Crippen molar-refractivity contribution < 1.29 is 9.72 Å². The van der Waals surface area contributed by atoms with E-state index in [2.05, 4.69) is 0 Å². The highest BCUT2D eigenvalue weighted by atomic mass is 32.1. The van der Waals surface area contributed by atoms with E-state index in [9.17, 15) is 25.0 Å². The molecule has 2 heterocycles. The van der Waals surface area contributed by atoms with Crippen molar-refractivity contribution in [2.45, 2.75) is 0 Å². The standard InChI is InChI=1S/C17H12N4O4S/c1-19(2)9-14-16(23)20-13(7-11(8-18)17(20)26-14)15(22)10-3-5-12(6-4-10)21(24)25/h3-7,9H,1-2H3/b14-9+. The lowest BCUT2D eigenvalue weighted by Gasteiger charge is -2.01. The Balaban J connectivity index is 2.20. The zero-order chi connectivity index (χ0) is 19.0. The van der Waals surface area contributed by atoms with Gasteiger partial charge >= 0.3 is 0 Å². The van der Waals surface area contributed by atoms with E-state index in [0.29, 0.717) is 9.36 Å². The number of nitriles is 1. The fourth-order valence-electron chi connectivity index (χ4n) is 2.50. The number of benzene rings is 1. The van der Waals surface area contributed by atoms with Crippen LogP contribution in [0.15, 0.2) is 35.1 Å². The van der Waals surface area contributed by atoms with Gasteiger partial charge in [-0.15, -0.1) is 11.3 Å². The molecule has 0 fully saturated rings. The molecule has 130 valence electrons. The lowest BCUT2D eigenvalue weighted by molar-refractivity contribution is -0.384. The summed E-state index contributed by atoms with van der Waals surface area (Å²) in [7, 11) is 3.53. The summed E-state index contributed by atoms with van der Waals surface area (Å²) in [5.41, 5.74) is -0.0306. The number of hydrogen-bond acceptors (Lipinski definition) is 7. The van der Waals surface area contributed by atoms with Crippen LogP contribution >= 0.6 is 11.3 Å². The summed E-state index contributed by atoms with van der Waals surface area (Å²) < 4.78 is 1.63. The molecule has 0 aliphatic rings. The molecule has 3 rings (SSSR count). The molecule has 1 aromatic carbocycles. The average Bonchev–Trinajstić information content (AvgIpc) is 3.12. The van der Waals surface area contributed by atoms with Gasteiger partial charge in [0.05, 0.1) is 16.2 Å². The highest BCUT2D eigenvalue weighted by Gasteiger charge is 2.21.